The Morgan fingerprint density at radius 3 is 1.02 bits per heavy atom. The lowest BCUT2D eigenvalue weighted by molar-refractivity contribution is -0.394. The van der Waals surface area contributed by atoms with Gasteiger partial charge in [-0.3, -0.25) is 40.5 Å². The summed E-state index contributed by atoms with van der Waals surface area (Å²) in [4.78, 5) is 45.6. The largest absolute Gasteiger partial charge is 0.443 e. The predicted octanol–water partition coefficient (Wildman–Crippen LogP) is 9.04. The van der Waals surface area contributed by atoms with Crippen molar-refractivity contribution in [3.05, 3.63) is 124 Å². The van der Waals surface area contributed by atoms with Crippen molar-refractivity contribution in [1.29, 1.82) is 0 Å². The highest BCUT2D eigenvalue weighted by Crippen LogP contribution is 2.49. The van der Waals surface area contributed by atoms with Crippen LogP contribution < -0.4 is 4.74 Å². The molecule has 0 heterocycles. The van der Waals surface area contributed by atoms with E-state index in [1.165, 1.54) is 24.3 Å². The monoisotopic (exact) mass is 614 g/mol. The normalized spacial score (nSPS) is 11.6. The minimum atomic E-state index is -0.862. The quantitative estimate of drug-likeness (QED) is 0.138. The summed E-state index contributed by atoms with van der Waals surface area (Å²) in [7, 11) is 0. The van der Waals surface area contributed by atoms with Gasteiger partial charge in [-0.2, -0.15) is 0 Å². The molecule has 4 rings (SSSR count). The number of benzene rings is 4. The van der Waals surface area contributed by atoms with Gasteiger partial charge in [0.15, 0.2) is 0 Å². The van der Waals surface area contributed by atoms with Gasteiger partial charge in [0.25, 0.3) is 11.4 Å². The first-order valence-electron chi connectivity index (χ1n) is 13.7. The van der Waals surface area contributed by atoms with Crippen LogP contribution in [-0.2, 0) is 10.8 Å². The first kappa shape index (κ1) is 32.2. The van der Waals surface area contributed by atoms with E-state index < -0.39 is 53.9 Å². The van der Waals surface area contributed by atoms with Gasteiger partial charge in [0, 0.05) is 12.1 Å². The van der Waals surface area contributed by atoms with E-state index in [2.05, 4.69) is 0 Å². The molecule has 0 fully saturated rings. The Bertz CT molecular complexity index is 1700. The highest BCUT2D eigenvalue weighted by atomic mass is 16.6. The molecule has 0 aromatic heterocycles. The molecule has 0 aliphatic carbocycles. The number of ether oxygens (including phenoxy) is 1. The summed E-state index contributed by atoms with van der Waals surface area (Å²) in [6, 6.07) is 16.9. The molecule has 0 N–H and O–H groups in total. The number of nitro benzene ring substituents is 4. The molecule has 13 nitrogen and oxygen atoms in total. The molecular formula is C32H30N4O9. The van der Waals surface area contributed by atoms with Crippen LogP contribution in [0.15, 0.2) is 72.8 Å². The summed E-state index contributed by atoms with van der Waals surface area (Å²) in [5.74, 6) is -1.04. The summed E-state index contributed by atoms with van der Waals surface area (Å²) in [5.41, 5.74) is -1.90. The lowest BCUT2D eigenvalue weighted by Gasteiger charge is -2.19. The molecule has 0 amide bonds. The zero-order valence-electron chi connectivity index (χ0n) is 25.4. The predicted molar refractivity (Wildman–Crippen MR) is 168 cm³/mol. The van der Waals surface area contributed by atoms with E-state index >= 15 is 0 Å². The third kappa shape index (κ3) is 6.47. The van der Waals surface area contributed by atoms with Gasteiger partial charge < -0.3 is 4.74 Å². The van der Waals surface area contributed by atoms with E-state index in [1.807, 2.05) is 41.5 Å². The van der Waals surface area contributed by atoms with Crippen molar-refractivity contribution in [2.24, 2.45) is 0 Å². The molecule has 0 unspecified atom stereocenters. The van der Waals surface area contributed by atoms with Gasteiger partial charge in [-0.25, -0.2) is 0 Å². The molecule has 4 aromatic carbocycles. The molecular weight excluding hydrogens is 584 g/mol. The third-order valence-electron chi connectivity index (χ3n) is 7.30. The third-order valence-corrected chi connectivity index (χ3v) is 7.30. The lowest BCUT2D eigenvalue weighted by atomic mass is 9.86. The topological polar surface area (TPSA) is 182 Å². The molecule has 0 radical (unpaired) electrons. The van der Waals surface area contributed by atoms with Crippen LogP contribution in [0.3, 0.4) is 0 Å². The summed E-state index contributed by atoms with van der Waals surface area (Å²) in [6.07, 6.45) is 0. The molecule has 0 bridgehead atoms. The molecule has 0 saturated carbocycles. The van der Waals surface area contributed by atoms with Crippen LogP contribution in [0.2, 0.25) is 0 Å². The summed E-state index contributed by atoms with van der Waals surface area (Å²) < 4.78 is 5.78. The molecule has 0 saturated heterocycles. The maximum atomic E-state index is 12.5. The standard InChI is InChI=1S/C32H30N4O9/c1-31(2,3)21-11-7-19(8-12-21)27-23(33(37)38)15-17-25(29(27)35(41)42)45-26-18-16-24(34(39)40)28(30(26)36(43)44)20-9-13-22(14-10-20)32(4,5)6/h7-18H,1-6H3. The lowest BCUT2D eigenvalue weighted by Crippen LogP contribution is -2.10. The van der Waals surface area contributed by atoms with Crippen molar-refractivity contribution < 1.29 is 24.4 Å². The van der Waals surface area contributed by atoms with Gasteiger partial charge in [0.05, 0.1) is 19.7 Å². The molecule has 13 heteroatoms. The first-order chi connectivity index (χ1) is 20.9. The Morgan fingerprint density at radius 2 is 0.778 bits per heavy atom. The summed E-state index contributed by atoms with van der Waals surface area (Å²) >= 11 is 0. The van der Waals surface area contributed by atoms with E-state index in [9.17, 15) is 40.5 Å². The van der Waals surface area contributed by atoms with Crippen molar-refractivity contribution in [3.63, 3.8) is 0 Å². The Balaban J connectivity index is 1.97. The fraction of sp³-hybridized carbons (Fsp3) is 0.250. The molecule has 232 valence electrons. The van der Waals surface area contributed by atoms with E-state index in [0.29, 0.717) is 0 Å². The molecule has 45 heavy (non-hydrogen) atoms. The second-order valence-electron chi connectivity index (χ2n) is 12.4. The van der Waals surface area contributed by atoms with E-state index in [-0.39, 0.29) is 33.1 Å². The Labute approximate surface area is 257 Å². The Kier molecular flexibility index (Phi) is 8.41. The van der Waals surface area contributed by atoms with Crippen molar-refractivity contribution in [3.8, 4) is 33.8 Å². The van der Waals surface area contributed by atoms with Gasteiger partial charge in [-0.15, -0.1) is 0 Å². The van der Waals surface area contributed by atoms with Crippen LogP contribution in [-0.4, -0.2) is 19.7 Å². The Hall–Kier alpha value is -5.72. The second kappa shape index (κ2) is 11.8. The van der Waals surface area contributed by atoms with Crippen LogP contribution in [0.25, 0.3) is 22.3 Å². The number of nitrogens with zero attached hydrogens (tertiary/aromatic N) is 4. The van der Waals surface area contributed by atoms with Gasteiger partial charge in [0.2, 0.25) is 11.5 Å². The number of hydrogen-bond donors (Lipinski definition) is 0. The van der Waals surface area contributed by atoms with Gasteiger partial charge in [0.1, 0.15) is 11.1 Å². The smallest absolute Gasteiger partial charge is 0.326 e. The average molecular weight is 615 g/mol. The van der Waals surface area contributed by atoms with Gasteiger partial charge >= 0.3 is 11.4 Å². The summed E-state index contributed by atoms with van der Waals surface area (Å²) in [6.45, 7) is 11.8. The van der Waals surface area contributed by atoms with Crippen molar-refractivity contribution in [2.45, 2.75) is 52.4 Å². The second-order valence-corrected chi connectivity index (χ2v) is 12.4. The molecule has 0 aliphatic rings. The van der Waals surface area contributed by atoms with Crippen LogP contribution in [0.1, 0.15) is 52.7 Å². The number of rotatable bonds is 8. The van der Waals surface area contributed by atoms with Crippen LogP contribution in [0, 0.1) is 40.5 Å². The zero-order chi connectivity index (χ0) is 33.4. The van der Waals surface area contributed by atoms with E-state index in [4.69, 9.17) is 4.74 Å². The number of hydrogen-bond acceptors (Lipinski definition) is 9. The maximum absolute atomic E-state index is 12.5. The highest BCUT2D eigenvalue weighted by Gasteiger charge is 2.36. The van der Waals surface area contributed by atoms with Crippen LogP contribution >= 0.6 is 0 Å². The molecule has 0 spiro atoms. The fourth-order valence-corrected chi connectivity index (χ4v) is 4.92. The molecule has 0 atom stereocenters. The average Bonchev–Trinajstić information content (AvgIpc) is 2.95. The van der Waals surface area contributed by atoms with Crippen molar-refractivity contribution in [2.75, 3.05) is 0 Å². The van der Waals surface area contributed by atoms with Crippen molar-refractivity contribution >= 4 is 22.7 Å². The minimum Gasteiger partial charge on any atom is -0.443 e. The maximum Gasteiger partial charge on any atom is 0.326 e. The van der Waals surface area contributed by atoms with Crippen LogP contribution in [0.4, 0.5) is 22.7 Å². The fourth-order valence-electron chi connectivity index (χ4n) is 4.92. The first-order valence-corrected chi connectivity index (χ1v) is 13.7. The Morgan fingerprint density at radius 1 is 0.467 bits per heavy atom. The van der Waals surface area contributed by atoms with Crippen molar-refractivity contribution in [1.82, 2.24) is 0 Å². The van der Waals surface area contributed by atoms with Crippen LogP contribution in [0.5, 0.6) is 11.5 Å². The van der Waals surface area contributed by atoms with Gasteiger partial charge in [-0.05, 0) is 45.2 Å². The van der Waals surface area contributed by atoms with Gasteiger partial charge in [-0.1, -0.05) is 90.1 Å². The van der Waals surface area contributed by atoms with E-state index in [1.54, 1.807) is 24.3 Å². The number of nitro groups is 4. The minimum absolute atomic E-state index is 0.157. The highest BCUT2D eigenvalue weighted by molar-refractivity contribution is 5.88. The SMILES string of the molecule is CC(C)(C)c1ccc(-c2c([N+](=O)[O-])ccc(Oc3ccc([N+](=O)[O-])c(-c4ccc(C(C)(C)C)cc4)c3[N+](=O)[O-])c2[N+](=O)[O-])cc1. The summed E-state index contributed by atoms with van der Waals surface area (Å²) in [5, 5.41) is 48.9. The molecule has 0 aliphatic heterocycles. The zero-order valence-corrected chi connectivity index (χ0v) is 25.4. The molecule has 4 aromatic rings. The van der Waals surface area contributed by atoms with E-state index in [0.717, 1.165) is 35.4 Å².